The van der Waals surface area contributed by atoms with Gasteiger partial charge in [0.25, 0.3) is 11.8 Å². The van der Waals surface area contributed by atoms with Crippen LogP contribution in [0.25, 0.3) is 33.4 Å². The molecule has 352 valence electrons. The fourth-order valence-electron chi connectivity index (χ4n) is 9.32. The highest BCUT2D eigenvalue weighted by molar-refractivity contribution is 7.10. The Balaban J connectivity index is 1.24. The second-order valence-corrected chi connectivity index (χ2v) is 19.6. The number of aromatic nitrogens is 3. The van der Waals surface area contributed by atoms with Crippen LogP contribution in [0.1, 0.15) is 83.7 Å². The topological polar surface area (TPSA) is 172 Å². The fraction of sp³-hybridized carbons (Fsp3) is 0.531. The normalized spacial score (nSPS) is 19.8. The maximum absolute atomic E-state index is 14.6. The molecule has 6 heterocycles. The Morgan fingerprint density at radius 3 is 2.59 bits per heavy atom. The highest BCUT2D eigenvalue weighted by atomic mass is 32.1. The second kappa shape index (κ2) is 20.0. The third-order valence-corrected chi connectivity index (χ3v) is 13.9. The van der Waals surface area contributed by atoms with Crippen LogP contribution >= 0.6 is 11.3 Å². The molecule has 0 radical (unpaired) electrons. The molecule has 7 rings (SSSR count). The van der Waals surface area contributed by atoms with Gasteiger partial charge < -0.3 is 34.1 Å². The maximum Gasteiger partial charge on any atom is 0.324 e. The molecule has 3 aromatic heterocycles. The summed E-state index contributed by atoms with van der Waals surface area (Å²) in [5.41, 5.74) is 9.23. The van der Waals surface area contributed by atoms with Gasteiger partial charge in [0.15, 0.2) is 0 Å². The first-order chi connectivity index (χ1) is 31.5. The summed E-state index contributed by atoms with van der Waals surface area (Å²) >= 11 is 1.40. The summed E-state index contributed by atoms with van der Waals surface area (Å²) in [4.78, 5) is 83.5. The summed E-state index contributed by atoms with van der Waals surface area (Å²) in [5, 5.41) is 8.07. The van der Waals surface area contributed by atoms with Crippen molar-refractivity contribution < 1.29 is 33.4 Å². The first-order valence-electron chi connectivity index (χ1n) is 22.8. The largest absolute Gasteiger partial charge is 0.464 e. The number of esters is 1. The van der Waals surface area contributed by atoms with Gasteiger partial charge in [-0.15, -0.1) is 11.3 Å². The van der Waals surface area contributed by atoms with E-state index in [2.05, 4.69) is 72.2 Å². The lowest BCUT2D eigenvalue weighted by molar-refractivity contribution is -0.155. The Bertz CT molecular complexity index is 2550. The van der Waals surface area contributed by atoms with Crippen molar-refractivity contribution in [3.05, 3.63) is 58.2 Å². The van der Waals surface area contributed by atoms with Crippen molar-refractivity contribution in [3.63, 3.8) is 0 Å². The van der Waals surface area contributed by atoms with Gasteiger partial charge in [-0.05, 0) is 81.7 Å². The van der Waals surface area contributed by atoms with Gasteiger partial charge in [0.2, 0.25) is 5.91 Å². The average molecular weight is 922 g/mol. The molecule has 2 N–H and O–H groups in total. The number of likely N-dealkylation sites (N-methyl/N-ethyl adjacent to an activating group) is 2. The van der Waals surface area contributed by atoms with Crippen LogP contribution in [0, 0.1) is 23.2 Å². The van der Waals surface area contributed by atoms with Gasteiger partial charge in [0.1, 0.15) is 18.1 Å². The number of nitrogens with zero attached hydrogens (tertiary/aromatic N) is 7. The van der Waals surface area contributed by atoms with Crippen LogP contribution in [-0.4, -0.2) is 136 Å². The number of hydrogen-bond donors (Lipinski definition) is 2. The van der Waals surface area contributed by atoms with Crippen LogP contribution < -0.4 is 10.7 Å². The Kier molecular flexibility index (Phi) is 14.5. The summed E-state index contributed by atoms with van der Waals surface area (Å²) in [6.45, 7) is 15.4. The third-order valence-electron chi connectivity index (χ3n) is 13.0. The number of hydrazine groups is 1. The molecular formula is C49H63N9O7S. The van der Waals surface area contributed by atoms with Crippen molar-refractivity contribution in [3.8, 4) is 34.4 Å². The molecule has 4 atom stereocenters. The predicted molar refractivity (Wildman–Crippen MR) is 253 cm³/mol. The molecule has 16 nitrogen and oxygen atoms in total. The Morgan fingerprint density at radius 1 is 1.14 bits per heavy atom. The zero-order valence-electron chi connectivity index (χ0n) is 39.8. The van der Waals surface area contributed by atoms with Crippen LogP contribution in [0.4, 0.5) is 4.79 Å². The quantitative estimate of drug-likeness (QED) is 0.163. The minimum atomic E-state index is -1.09. The zero-order valence-corrected chi connectivity index (χ0v) is 40.6. The van der Waals surface area contributed by atoms with Crippen molar-refractivity contribution >= 4 is 52.0 Å². The number of methoxy groups -OCH3 is 1. The first-order valence-corrected chi connectivity index (χ1v) is 23.7. The summed E-state index contributed by atoms with van der Waals surface area (Å²) in [6, 6.07) is 6.93. The molecule has 6 bridgehead atoms. The van der Waals surface area contributed by atoms with Gasteiger partial charge in [0, 0.05) is 92.8 Å². The smallest absolute Gasteiger partial charge is 0.324 e. The number of cyclic esters (lactones) is 1. The number of amides is 5. The number of urea groups is 1. The molecule has 0 aliphatic carbocycles. The van der Waals surface area contributed by atoms with E-state index in [-0.39, 0.29) is 37.0 Å². The van der Waals surface area contributed by atoms with Gasteiger partial charge in [-0.25, -0.2) is 15.2 Å². The molecule has 4 aromatic rings. The number of likely N-dealkylation sites (tertiary alicyclic amines) is 1. The van der Waals surface area contributed by atoms with Crippen LogP contribution in [0.3, 0.4) is 0 Å². The van der Waals surface area contributed by atoms with Crippen molar-refractivity contribution in [2.24, 2.45) is 11.3 Å². The molecule has 0 saturated carbocycles. The van der Waals surface area contributed by atoms with Crippen molar-refractivity contribution in [2.75, 3.05) is 47.4 Å². The Morgan fingerprint density at radius 2 is 1.89 bits per heavy atom. The van der Waals surface area contributed by atoms with E-state index in [1.54, 1.807) is 44.1 Å². The van der Waals surface area contributed by atoms with E-state index in [1.807, 2.05) is 32.2 Å². The molecule has 3 aliphatic heterocycles. The molecule has 66 heavy (non-hydrogen) atoms. The number of carbonyl (C=O) groups excluding carboxylic acids is 5. The first kappa shape index (κ1) is 48.1. The van der Waals surface area contributed by atoms with E-state index in [1.165, 1.54) is 21.2 Å². The van der Waals surface area contributed by atoms with Gasteiger partial charge in [-0.3, -0.25) is 29.2 Å². The molecule has 2 saturated heterocycles. The minimum absolute atomic E-state index is 0.0665. The number of ether oxygens (including phenoxy) is 2. The van der Waals surface area contributed by atoms with Gasteiger partial charge in [-0.2, -0.15) is 0 Å². The summed E-state index contributed by atoms with van der Waals surface area (Å²) in [6.07, 6.45) is 3.16. The van der Waals surface area contributed by atoms with E-state index in [9.17, 15) is 24.0 Å². The van der Waals surface area contributed by atoms with Crippen molar-refractivity contribution in [2.45, 2.75) is 111 Å². The lowest BCUT2D eigenvalue weighted by atomic mass is 9.84. The predicted octanol–water partition coefficient (Wildman–Crippen LogP) is 5.44. The zero-order chi connectivity index (χ0) is 47.6. The Hall–Kier alpha value is -5.83. The number of fused-ring (bicyclic) bond motifs is 6. The summed E-state index contributed by atoms with van der Waals surface area (Å²) in [7, 11) is 4.91. The van der Waals surface area contributed by atoms with Crippen molar-refractivity contribution in [1.29, 1.82) is 0 Å². The Labute approximate surface area is 391 Å². The second-order valence-electron chi connectivity index (χ2n) is 18.7. The van der Waals surface area contributed by atoms with E-state index < -0.39 is 47.4 Å². The van der Waals surface area contributed by atoms with Crippen LogP contribution in [-0.2, 0) is 48.0 Å². The standard InChI is InChI=1S/C49H63N9O7S/c1-11-15-41(59)56-25-32(26-56)54(8)48(63)55(9)43(29(3)4)45(60)52-37-23-40-51-38(27-66-40)31-18-19-39-34(22-31)35(44(57(39)12-2)33-16-13-20-50-42(33)30(5)64-10)24-49(6,7)28-65-47(62)36-17-14-21-58(53-36)46(37)61/h13,16,18-20,22,27,29-30,32,36-37,43,53H,12,14,17,21,23-26,28H2,1-10H3,(H,52,60)/t30-,36-,37-,43?/m0/s1. The number of rotatable bonds is 9. The number of thiazole rings is 1. The van der Waals surface area contributed by atoms with E-state index in [0.717, 1.165) is 44.7 Å². The van der Waals surface area contributed by atoms with Gasteiger partial charge in [-0.1, -0.05) is 39.7 Å². The molecule has 0 spiro atoms. The van der Waals surface area contributed by atoms with Gasteiger partial charge in [0.05, 0.1) is 40.8 Å². The lowest BCUT2D eigenvalue weighted by Crippen LogP contribution is -2.65. The minimum Gasteiger partial charge on any atom is -0.464 e. The van der Waals surface area contributed by atoms with Gasteiger partial charge >= 0.3 is 12.0 Å². The number of carbonyl (C=O) groups is 5. The number of aryl methyl sites for hydroxylation is 1. The number of benzene rings is 1. The molecule has 1 aromatic carbocycles. The van der Waals surface area contributed by atoms with Crippen LogP contribution in [0.15, 0.2) is 41.9 Å². The SMILES string of the molecule is CC#CC(=O)N1CC(N(C)C(=O)N(C)C(C(=O)N[C@H]2Cc3nc(cs3)-c3ccc4c(c3)c(c(-c3cccnc3[C@H](C)OC)n4CC)CC(C)(C)COC(=O)[C@@H]3CCCN(N3)C2=O)C(C)C)C1. The molecular weight excluding hydrogens is 859 g/mol. The molecule has 2 fully saturated rings. The summed E-state index contributed by atoms with van der Waals surface area (Å²) < 4.78 is 14.2. The van der Waals surface area contributed by atoms with E-state index >= 15 is 0 Å². The van der Waals surface area contributed by atoms with E-state index in [0.29, 0.717) is 50.4 Å². The summed E-state index contributed by atoms with van der Waals surface area (Å²) in [5.74, 6) is 3.12. The van der Waals surface area contributed by atoms with Crippen LogP contribution in [0.5, 0.6) is 0 Å². The fourth-order valence-corrected chi connectivity index (χ4v) is 10.2. The third kappa shape index (κ3) is 9.82. The highest BCUT2D eigenvalue weighted by Gasteiger charge is 2.41. The molecule has 17 heteroatoms. The maximum atomic E-state index is 14.6. The monoisotopic (exact) mass is 921 g/mol. The highest BCUT2D eigenvalue weighted by Crippen LogP contribution is 2.42. The average Bonchev–Trinajstić information content (AvgIpc) is 3.87. The molecule has 1 unspecified atom stereocenters. The van der Waals surface area contributed by atoms with Crippen LogP contribution in [0.2, 0.25) is 0 Å². The number of hydrogen-bond acceptors (Lipinski definition) is 11. The molecule has 5 amide bonds. The number of nitrogens with one attached hydrogen (secondary N) is 2. The lowest BCUT2D eigenvalue weighted by Gasteiger charge is -2.45. The number of pyridine rings is 1. The van der Waals surface area contributed by atoms with E-state index in [4.69, 9.17) is 19.4 Å². The molecule has 3 aliphatic rings. The van der Waals surface area contributed by atoms with Crippen molar-refractivity contribution in [1.82, 2.24) is 45.0 Å².